The van der Waals surface area contributed by atoms with Gasteiger partial charge >= 0.3 is 0 Å². The second-order valence-corrected chi connectivity index (χ2v) is 3.49. The Hall–Kier alpha value is -1.46. The molecular weight excluding hydrogens is 220 g/mol. The largest absolute Gasteiger partial charge is 0.497 e. The van der Waals surface area contributed by atoms with Crippen molar-refractivity contribution in [2.75, 3.05) is 51.6 Å². The Morgan fingerprint density at radius 2 is 2.00 bits per heavy atom. The quantitative estimate of drug-likeness (QED) is 0.530. The predicted octanol–water partition coefficient (Wildman–Crippen LogP) is 1.35. The molecule has 5 heteroatoms. The van der Waals surface area contributed by atoms with E-state index in [1.165, 1.54) is 0 Å². The van der Waals surface area contributed by atoms with Gasteiger partial charge in [0, 0.05) is 19.7 Å². The number of benzene rings is 1. The Morgan fingerprint density at radius 3 is 2.65 bits per heavy atom. The van der Waals surface area contributed by atoms with Crippen LogP contribution in [0, 0.1) is 0 Å². The number of nitrogen functional groups attached to an aromatic ring is 1. The Morgan fingerprint density at radius 1 is 1.18 bits per heavy atom. The molecule has 0 aliphatic carbocycles. The van der Waals surface area contributed by atoms with E-state index in [0.29, 0.717) is 32.1 Å². The average Bonchev–Trinajstić information content (AvgIpc) is 2.35. The highest BCUT2D eigenvalue weighted by Crippen LogP contribution is 2.23. The molecule has 17 heavy (non-hydrogen) atoms. The first kappa shape index (κ1) is 13.6. The van der Waals surface area contributed by atoms with Gasteiger partial charge in [-0.2, -0.15) is 0 Å². The molecule has 0 aromatic heterocycles. The second kappa shape index (κ2) is 7.76. The summed E-state index contributed by atoms with van der Waals surface area (Å²) in [5.74, 6) is 0.754. The highest BCUT2D eigenvalue weighted by Gasteiger charge is 2.00. The van der Waals surface area contributed by atoms with Crippen molar-refractivity contribution in [2.24, 2.45) is 0 Å². The lowest BCUT2D eigenvalue weighted by atomic mass is 10.2. The molecule has 3 N–H and O–H groups in total. The fourth-order valence-electron chi connectivity index (χ4n) is 1.33. The summed E-state index contributed by atoms with van der Waals surface area (Å²) in [5, 5.41) is 3.19. The molecule has 0 spiro atoms. The topological polar surface area (TPSA) is 65.7 Å². The minimum atomic E-state index is 0.607. The van der Waals surface area contributed by atoms with Crippen LogP contribution in [0.5, 0.6) is 5.75 Å². The van der Waals surface area contributed by atoms with Crippen LogP contribution in [0.3, 0.4) is 0 Å². The molecule has 0 saturated heterocycles. The lowest BCUT2D eigenvalue weighted by Crippen LogP contribution is -2.12. The molecule has 0 bridgehead atoms. The summed E-state index contributed by atoms with van der Waals surface area (Å²) in [6.07, 6.45) is 0. The average molecular weight is 240 g/mol. The molecule has 0 fully saturated rings. The molecule has 5 nitrogen and oxygen atoms in total. The molecule has 0 unspecified atom stereocenters. The molecule has 1 rings (SSSR count). The maximum Gasteiger partial charge on any atom is 0.121 e. The van der Waals surface area contributed by atoms with Crippen molar-refractivity contribution in [3.05, 3.63) is 18.2 Å². The number of nitrogens with two attached hydrogens (primary N) is 1. The zero-order chi connectivity index (χ0) is 12.5. The van der Waals surface area contributed by atoms with Crippen LogP contribution < -0.4 is 15.8 Å². The monoisotopic (exact) mass is 240 g/mol. The maximum absolute atomic E-state index is 5.86. The minimum Gasteiger partial charge on any atom is -0.497 e. The first-order valence-corrected chi connectivity index (χ1v) is 5.52. The van der Waals surface area contributed by atoms with E-state index >= 15 is 0 Å². The van der Waals surface area contributed by atoms with E-state index in [-0.39, 0.29) is 0 Å². The number of hydrogen-bond acceptors (Lipinski definition) is 5. The van der Waals surface area contributed by atoms with Crippen LogP contribution >= 0.6 is 0 Å². The number of ether oxygens (including phenoxy) is 3. The standard InChI is InChI=1S/C12H20N2O3/c1-15-7-8-17-6-5-14-12-4-3-10(16-2)9-11(12)13/h3-4,9,14H,5-8,13H2,1-2H3. The molecule has 0 radical (unpaired) electrons. The zero-order valence-electron chi connectivity index (χ0n) is 10.4. The van der Waals surface area contributed by atoms with Crippen LogP contribution in [-0.2, 0) is 9.47 Å². The van der Waals surface area contributed by atoms with Crippen molar-refractivity contribution >= 4 is 11.4 Å². The van der Waals surface area contributed by atoms with Gasteiger partial charge in [0.25, 0.3) is 0 Å². The summed E-state index contributed by atoms with van der Waals surface area (Å²) in [7, 11) is 3.27. The van der Waals surface area contributed by atoms with Crippen molar-refractivity contribution in [3.63, 3.8) is 0 Å². The number of nitrogens with one attached hydrogen (secondary N) is 1. The summed E-state index contributed by atoms with van der Waals surface area (Å²) in [4.78, 5) is 0. The van der Waals surface area contributed by atoms with Crippen molar-refractivity contribution < 1.29 is 14.2 Å². The Bertz CT molecular complexity index is 332. The normalized spacial score (nSPS) is 10.2. The van der Waals surface area contributed by atoms with Crippen LogP contribution in [0.4, 0.5) is 11.4 Å². The number of rotatable bonds is 8. The molecule has 0 aliphatic heterocycles. The Labute approximate surface area is 102 Å². The van der Waals surface area contributed by atoms with Gasteiger partial charge in [-0.1, -0.05) is 0 Å². The van der Waals surface area contributed by atoms with Gasteiger partial charge in [0.05, 0.1) is 38.3 Å². The van der Waals surface area contributed by atoms with Gasteiger partial charge < -0.3 is 25.3 Å². The van der Waals surface area contributed by atoms with Gasteiger partial charge in [0.15, 0.2) is 0 Å². The third kappa shape index (κ3) is 4.93. The van der Waals surface area contributed by atoms with E-state index in [9.17, 15) is 0 Å². The molecule has 1 aromatic carbocycles. The summed E-state index contributed by atoms with van der Waals surface area (Å²) in [6, 6.07) is 5.54. The fraction of sp³-hybridized carbons (Fsp3) is 0.500. The van der Waals surface area contributed by atoms with Crippen molar-refractivity contribution in [3.8, 4) is 5.75 Å². The number of anilines is 2. The molecule has 0 saturated carbocycles. The van der Waals surface area contributed by atoms with E-state index in [4.69, 9.17) is 19.9 Å². The Balaban J connectivity index is 2.27. The van der Waals surface area contributed by atoms with E-state index in [2.05, 4.69) is 5.32 Å². The summed E-state index contributed by atoms with van der Waals surface area (Å²) in [5.41, 5.74) is 7.41. The van der Waals surface area contributed by atoms with Crippen LogP contribution in [-0.4, -0.2) is 40.6 Å². The third-order valence-electron chi connectivity index (χ3n) is 2.25. The SMILES string of the molecule is COCCOCCNc1ccc(OC)cc1N. The number of hydrogen-bond donors (Lipinski definition) is 2. The molecule has 0 amide bonds. The maximum atomic E-state index is 5.86. The van der Waals surface area contributed by atoms with Crippen molar-refractivity contribution in [1.29, 1.82) is 0 Å². The van der Waals surface area contributed by atoms with Crippen molar-refractivity contribution in [1.82, 2.24) is 0 Å². The molecular formula is C12H20N2O3. The Kier molecular flexibility index (Phi) is 6.21. The van der Waals surface area contributed by atoms with Gasteiger partial charge in [0.1, 0.15) is 5.75 Å². The van der Waals surface area contributed by atoms with Gasteiger partial charge in [0.2, 0.25) is 0 Å². The molecule has 96 valence electrons. The molecule has 0 atom stereocenters. The molecule has 0 aliphatic rings. The van der Waals surface area contributed by atoms with Crippen LogP contribution in [0.15, 0.2) is 18.2 Å². The van der Waals surface area contributed by atoms with E-state index in [1.807, 2.05) is 12.1 Å². The van der Waals surface area contributed by atoms with Crippen LogP contribution in [0.2, 0.25) is 0 Å². The van der Waals surface area contributed by atoms with E-state index in [1.54, 1.807) is 20.3 Å². The fourth-order valence-corrected chi connectivity index (χ4v) is 1.33. The smallest absolute Gasteiger partial charge is 0.121 e. The first-order chi connectivity index (χ1) is 8.27. The third-order valence-corrected chi connectivity index (χ3v) is 2.25. The second-order valence-electron chi connectivity index (χ2n) is 3.49. The van der Waals surface area contributed by atoms with Crippen LogP contribution in [0.1, 0.15) is 0 Å². The van der Waals surface area contributed by atoms with Gasteiger partial charge in [-0.3, -0.25) is 0 Å². The van der Waals surface area contributed by atoms with Gasteiger partial charge in [-0.05, 0) is 12.1 Å². The minimum absolute atomic E-state index is 0.607. The lowest BCUT2D eigenvalue weighted by molar-refractivity contribution is 0.0759. The van der Waals surface area contributed by atoms with E-state index in [0.717, 1.165) is 11.4 Å². The molecule has 1 aromatic rings. The van der Waals surface area contributed by atoms with E-state index < -0.39 is 0 Å². The highest BCUT2D eigenvalue weighted by atomic mass is 16.5. The van der Waals surface area contributed by atoms with Crippen molar-refractivity contribution in [2.45, 2.75) is 0 Å². The summed E-state index contributed by atoms with van der Waals surface area (Å²) >= 11 is 0. The summed E-state index contributed by atoms with van der Waals surface area (Å²) < 4.78 is 15.3. The highest BCUT2D eigenvalue weighted by molar-refractivity contribution is 5.68. The van der Waals surface area contributed by atoms with Gasteiger partial charge in [-0.25, -0.2) is 0 Å². The first-order valence-electron chi connectivity index (χ1n) is 5.52. The number of methoxy groups -OCH3 is 2. The predicted molar refractivity (Wildman–Crippen MR) is 68.6 cm³/mol. The van der Waals surface area contributed by atoms with Gasteiger partial charge in [-0.15, -0.1) is 0 Å². The zero-order valence-corrected chi connectivity index (χ0v) is 10.4. The molecule has 0 heterocycles. The summed E-state index contributed by atoms with van der Waals surface area (Å²) in [6.45, 7) is 2.55. The van der Waals surface area contributed by atoms with Crippen LogP contribution in [0.25, 0.3) is 0 Å². The lowest BCUT2D eigenvalue weighted by Gasteiger charge is -2.10.